The van der Waals surface area contributed by atoms with E-state index in [9.17, 15) is 14.0 Å². The number of halogens is 1. The molecule has 27 heavy (non-hydrogen) atoms. The average Bonchev–Trinajstić information content (AvgIpc) is 2.65. The molecular formula is C21H24FNO4. The van der Waals surface area contributed by atoms with Gasteiger partial charge in [-0.25, -0.2) is 9.18 Å². The first-order valence-electron chi connectivity index (χ1n) is 8.81. The second-order valence-electron chi connectivity index (χ2n) is 6.62. The monoisotopic (exact) mass is 373 g/mol. The molecule has 144 valence electrons. The molecule has 0 heterocycles. The van der Waals surface area contributed by atoms with Crippen molar-refractivity contribution in [3.63, 3.8) is 0 Å². The molecule has 1 amide bonds. The van der Waals surface area contributed by atoms with Gasteiger partial charge in [-0.2, -0.15) is 0 Å². The Balaban J connectivity index is 1.83. The summed E-state index contributed by atoms with van der Waals surface area (Å²) in [6.45, 7) is 6.42. The Morgan fingerprint density at radius 2 is 1.63 bits per heavy atom. The normalized spacial score (nSPS) is 11.7. The highest BCUT2D eigenvalue weighted by Gasteiger charge is 2.18. The molecule has 0 aromatic heterocycles. The predicted octanol–water partition coefficient (Wildman–Crippen LogP) is 3.72. The molecule has 1 N–H and O–H groups in total. The number of hydrogen-bond donors (Lipinski definition) is 1. The number of ether oxygens (including phenoxy) is 2. The Hall–Kier alpha value is -2.89. The second-order valence-corrected chi connectivity index (χ2v) is 6.62. The van der Waals surface area contributed by atoms with Gasteiger partial charge >= 0.3 is 5.97 Å². The SMILES string of the molecule is CC(C)COc1ccc(C(=O)O[C@@H](C)C(=O)NCc2ccc(F)cc2)cc1. The van der Waals surface area contributed by atoms with E-state index in [1.165, 1.54) is 19.1 Å². The number of carbonyl (C=O) groups is 2. The first-order valence-corrected chi connectivity index (χ1v) is 8.81. The summed E-state index contributed by atoms with van der Waals surface area (Å²) in [7, 11) is 0. The van der Waals surface area contributed by atoms with Crippen molar-refractivity contribution in [1.82, 2.24) is 5.32 Å². The van der Waals surface area contributed by atoms with E-state index >= 15 is 0 Å². The molecule has 0 saturated heterocycles. The number of carbonyl (C=O) groups excluding carboxylic acids is 2. The van der Waals surface area contributed by atoms with Crippen LogP contribution < -0.4 is 10.1 Å². The number of hydrogen-bond acceptors (Lipinski definition) is 4. The van der Waals surface area contributed by atoms with Crippen LogP contribution in [0.5, 0.6) is 5.75 Å². The summed E-state index contributed by atoms with van der Waals surface area (Å²) in [4.78, 5) is 24.2. The topological polar surface area (TPSA) is 64.6 Å². The summed E-state index contributed by atoms with van der Waals surface area (Å²) in [5, 5.41) is 2.65. The van der Waals surface area contributed by atoms with E-state index in [2.05, 4.69) is 5.32 Å². The molecule has 1 atom stereocenters. The molecule has 0 radical (unpaired) electrons. The zero-order chi connectivity index (χ0) is 19.8. The highest BCUT2D eigenvalue weighted by molar-refractivity contribution is 5.92. The molecule has 2 aromatic rings. The van der Waals surface area contributed by atoms with Crippen molar-refractivity contribution in [2.75, 3.05) is 6.61 Å². The van der Waals surface area contributed by atoms with E-state index in [0.29, 0.717) is 23.8 Å². The van der Waals surface area contributed by atoms with Gasteiger partial charge in [0.05, 0.1) is 12.2 Å². The van der Waals surface area contributed by atoms with E-state index in [1.807, 2.05) is 13.8 Å². The van der Waals surface area contributed by atoms with Gasteiger partial charge in [-0.1, -0.05) is 26.0 Å². The average molecular weight is 373 g/mol. The minimum atomic E-state index is -0.949. The van der Waals surface area contributed by atoms with Crippen LogP contribution in [0, 0.1) is 11.7 Å². The van der Waals surface area contributed by atoms with Crippen LogP contribution in [-0.4, -0.2) is 24.6 Å². The zero-order valence-electron chi connectivity index (χ0n) is 15.7. The fourth-order valence-electron chi connectivity index (χ4n) is 2.17. The van der Waals surface area contributed by atoms with Gasteiger partial charge < -0.3 is 14.8 Å². The van der Waals surface area contributed by atoms with Gasteiger partial charge in [-0.15, -0.1) is 0 Å². The molecule has 0 aliphatic carbocycles. The Kier molecular flexibility index (Phi) is 7.34. The van der Waals surface area contributed by atoms with Gasteiger partial charge in [-0.05, 0) is 54.8 Å². The third-order valence-corrected chi connectivity index (χ3v) is 3.71. The Morgan fingerprint density at radius 3 is 2.22 bits per heavy atom. The smallest absolute Gasteiger partial charge is 0.338 e. The first kappa shape index (κ1) is 20.4. The fraction of sp³-hybridized carbons (Fsp3) is 0.333. The van der Waals surface area contributed by atoms with Crippen LogP contribution in [0.3, 0.4) is 0 Å². The Labute approximate surface area is 158 Å². The lowest BCUT2D eigenvalue weighted by molar-refractivity contribution is -0.129. The lowest BCUT2D eigenvalue weighted by Gasteiger charge is -2.14. The van der Waals surface area contributed by atoms with Gasteiger partial charge in [0, 0.05) is 6.54 Å². The highest BCUT2D eigenvalue weighted by atomic mass is 19.1. The fourth-order valence-corrected chi connectivity index (χ4v) is 2.17. The summed E-state index contributed by atoms with van der Waals surface area (Å²) < 4.78 is 23.6. The molecule has 0 unspecified atom stereocenters. The highest BCUT2D eigenvalue weighted by Crippen LogP contribution is 2.14. The summed E-state index contributed by atoms with van der Waals surface area (Å²) in [5.74, 6) is -0.276. The first-order chi connectivity index (χ1) is 12.8. The summed E-state index contributed by atoms with van der Waals surface area (Å²) in [6, 6.07) is 12.4. The van der Waals surface area contributed by atoms with Crippen LogP contribution in [-0.2, 0) is 16.1 Å². The molecule has 6 heteroatoms. The molecule has 5 nitrogen and oxygen atoms in total. The van der Waals surface area contributed by atoms with Crippen LogP contribution in [0.15, 0.2) is 48.5 Å². The van der Waals surface area contributed by atoms with Crippen molar-refractivity contribution in [1.29, 1.82) is 0 Å². The van der Waals surface area contributed by atoms with Gasteiger partial charge in [0.15, 0.2) is 6.10 Å². The van der Waals surface area contributed by atoms with Gasteiger partial charge in [0.2, 0.25) is 0 Å². The molecule has 0 saturated carbocycles. The molecule has 0 spiro atoms. The maximum absolute atomic E-state index is 12.9. The van der Waals surface area contributed by atoms with E-state index in [1.54, 1.807) is 36.4 Å². The van der Waals surface area contributed by atoms with Crippen molar-refractivity contribution in [2.24, 2.45) is 5.92 Å². The summed E-state index contributed by atoms with van der Waals surface area (Å²) >= 11 is 0. The van der Waals surface area contributed by atoms with Crippen LogP contribution >= 0.6 is 0 Å². The van der Waals surface area contributed by atoms with Crippen LogP contribution in [0.4, 0.5) is 4.39 Å². The largest absolute Gasteiger partial charge is 0.493 e. The van der Waals surface area contributed by atoms with E-state index in [0.717, 1.165) is 5.56 Å². The summed E-state index contributed by atoms with van der Waals surface area (Å²) in [6.07, 6.45) is -0.949. The van der Waals surface area contributed by atoms with Gasteiger partial charge in [0.25, 0.3) is 5.91 Å². The predicted molar refractivity (Wildman–Crippen MR) is 99.9 cm³/mol. The van der Waals surface area contributed by atoms with Crippen molar-refractivity contribution >= 4 is 11.9 Å². The van der Waals surface area contributed by atoms with Crippen molar-refractivity contribution < 1.29 is 23.5 Å². The lowest BCUT2D eigenvalue weighted by Crippen LogP contribution is -2.35. The van der Waals surface area contributed by atoms with Crippen LogP contribution in [0.1, 0.15) is 36.7 Å². The second kappa shape index (κ2) is 9.71. The standard InChI is InChI=1S/C21H24FNO4/c1-14(2)13-26-19-10-6-17(7-11-19)21(25)27-15(3)20(24)23-12-16-4-8-18(22)9-5-16/h4-11,14-15H,12-13H2,1-3H3,(H,23,24)/t15-/m0/s1. The van der Waals surface area contributed by atoms with Crippen LogP contribution in [0.2, 0.25) is 0 Å². The molecular weight excluding hydrogens is 349 g/mol. The number of amides is 1. The number of esters is 1. The van der Waals surface area contributed by atoms with Gasteiger partial charge in [-0.3, -0.25) is 4.79 Å². The van der Waals surface area contributed by atoms with Crippen molar-refractivity contribution in [2.45, 2.75) is 33.4 Å². The minimum Gasteiger partial charge on any atom is -0.493 e. The lowest BCUT2D eigenvalue weighted by atomic mass is 10.2. The molecule has 0 fully saturated rings. The third-order valence-electron chi connectivity index (χ3n) is 3.71. The molecule has 0 aliphatic heterocycles. The summed E-state index contributed by atoms with van der Waals surface area (Å²) in [5.41, 5.74) is 1.09. The molecule has 2 aromatic carbocycles. The number of benzene rings is 2. The van der Waals surface area contributed by atoms with E-state index < -0.39 is 18.0 Å². The molecule has 0 aliphatic rings. The maximum atomic E-state index is 12.9. The van der Waals surface area contributed by atoms with Crippen LogP contribution in [0.25, 0.3) is 0 Å². The molecule has 2 rings (SSSR count). The number of rotatable bonds is 8. The van der Waals surface area contributed by atoms with E-state index in [4.69, 9.17) is 9.47 Å². The van der Waals surface area contributed by atoms with E-state index in [-0.39, 0.29) is 12.4 Å². The quantitative estimate of drug-likeness (QED) is 0.716. The number of nitrogens with one attached hydrogen (secondary N) is 1. The van der Waals surface area contributed by atoms with Gasteiger partial charge in [0.1, 0.15) is 11.6 Å². The maximum Gasteiger partial charge on any atom is 0.338 e. The Morgan fingerprint density at radius 1 is 1.00 bits per heavy atom. The van der Waals surface area contributed by atoms with Crippen molar-refractivity contribution in [3.8, 4) is 5.75 Å². The Bertz CT molecular complexity index is 757. The third kappa shape index (κ3) is 6.73. The minimum absolute atomic E-state index is 0.225. The zero-order valence-corrected chi connectivity index (χ0v) is 15.7. The van der Waals surface area contributed by atoms with Crippen molar-refractivity contribution in [3.05, 3.63) is 65.5 Å². The molecule has 0 bridgehead atoms.